The van der Waals surface area contributed by atoms with E-state index in [0.717, 1.165) is 26.1 Å². The smallest absolute Gasteiger partial charge is 0.0930 e. The molecule has 0 spiro atoms. The Balaban J connectivity index is 0. The fourth-order valence-electron chi connectivity index (χ4n) is 2.16. The second-order valence-corrected chi connectivity index (χ2v) is 5.63. The third-order valence-corrected chi connectivity index (χ3v) is 3.56. The fraction of sp³-hybridized carbons (Fsp3) is 1.00. The summed E-state index contributed by atoms with van der Waals surface area (Å²) in [5.41, 5.74) is 5.71. The summed E-state index contributed by atoms with van der Waals surface area (Å²) in [7, 11) is 0. The van der Waals surface area contributed by atoms with Crippen LogP contribution in [0.2, 0.25) is 0 Å². The molecule has 0 aromatic carbocycles. The van der Waals surface area contributed by atoms with Crippen LogP contribution in [0, 0.1) is 0 Å². The monoisotopic (exact) mass is 323 g/mol. The second-order valence-electron chi connectivity index (χ2n) is 5.63. The lowest BCUT2D eigenvalue weighted by Gasteiger charge is -2.16. The maximum Gasteiger partial charge on any atom is 0.0930 e. The molecule has 0 fully saturated rings. The van der Waals surface area contributed by atoms with E-state index in [4.69, 9.17) is 15.2 Å². The number of halogens is 1. The molecule has 0 bridgehead atoms. The number of hydrogen-bond donors (Lipinski definition) is 1. The molecule has 0 amide bonds. The Morgan fingerprint density at radius 3 is 1.81 bits per heavy atom. The van der Waals surface area contributed by atoms with Gasteiger partial charge in [0.2, 0.25) is 0 Å². The fourth-order valence-corrected chi connectivity index (χ4v) is 2.16. The van der Waals surface area contributed by atoms with Crippen LogP contribution in [0.15, 0.2) is 0 Å². The van der Waals surface area contributed by atoms with Crippen molar-refractivity contribution < 1.29 is 9.47 Å². The highest BCUT2D eigenvalue weighted by Crippen LogP contribution is 2.05. The van der Waals surface area contributed by atoms with E-state index in [1.54, 1.807) is 0 Å². The van der Waals surface area contributed by atoms with Crippen molar-refractivity contribution >= 4 is 12.4 Å². The maximum atomic E-state index is 5.77. The predicted molar refractivity (Wildman–Crippen MR) is 94.4 cm³/mol. The van der Waals surface area contributed by atoms with Gasteiger partial charge in [0.25, 0.3) is 0 Å². The van der Waals surface area contributed by atoms with Gasteiger partial charge in [-0.2, -0.15) is 0 Å². The van der Waals surface area contributed by atoms with Crippen molar-refractivity contribution in [3.05, 3.63) is 0 Å². The Kier molecular flexibility index (Phi) is 22.5. The van der Waals surface area contributed by atoms with Crippen molar-refractivity contribution in [3.8, 4) is 0 Å². The van der Waals surface area contributed by atoms with Gasteiger partial charge >= 0.3 is 0 Å². The average Bonchev–Trinajstić information content (AvgIpc) is 2.47. The standard InChI is InChI=1S/C17H37NO2.ClH/c1-3-5-7-9-11-13-19-16-17(15-18)20-14-12-10-8-6-4-2;/h17H,3-16,18H2,1-2H3;1H. The van der Waals surface area contributed by atoms with Gasteiger partial charge in [0.15, 0.2) is 0 Å². The highest BCUT2D eigenvalue weighted by Gasteiger charge is 2.06. The molecule has 0 radical (unpaired) electrons. The van der Waals surface area contributed by atoms with Crippen molar-refractivity contribution in [2.75, 3.05) is 26.4 Å². The van der Waals surface area contributed by atoms with E-state index in [2.05, 4.69) is 13.8 Å². The quantitative estimate of drug-likeness (QED) is 0.418. The van der Waals surface area contributed by atoms with Crippen LogP contribution in [0.5, 0.6) is 0 Å². The van der Waals surface area contributed by atoms with Gasteiger partial charge in [-0.05, 0) is 12.8 Å². The van der Waals surface area contributed by atoms with Gasteiger partial charge in [-0.3, -0.25) is 0 Å². The molecule has 0 aliphatic rings. The number of unbranched alkanes of at least 4 members (excludes halogenated alkanes) is 8. The molecule has 0 saturated carbocycles. The van der Waals surface area contributed by atoms with E-state index in [9.17, 15) is 0 Å². The zero-order chi connectivity index (χ0) is 14.9. The van der Waals surface area contributed by atoms with Crippen LogP contribution in [-0.4, -0.2) is 32.5 Å². The molecule has 0 aliphatic heterocycles. The van der Waals surface area contributed by atoms with E-state index in [1.807, 2.05) is 0 Å². The summed E-state index contributed by atoms with van der Waals surface area (Å²) >= 11 is 0. The third kappa shape index (κ3) is 18.1. The number of hydrogen-bond acceptors (Lipinski definition) is 3. The van der Waals surface area contributed by atoms with Crippen LogP contribution >= 0.6 is 12.4 Å². The van der Waals surface area contributed by atoms with Gasteiger partial charge in [0.05, 0.1) is 12.7 Å². The Hall–Kier alpha value is 0.170. The summed E-state index contributed by atoms with van der Waals surface area (Å²) in [5.74, 6) is 0. The average molecular weight is 324 g/mol. The Morgan fingerprint density at radius 1 is 0.762 bits per heavy atom. The van der Waals surface area contributed by atoms with Gasteiger partial charge in [-0.15, -0.1) is 12.4 Å². The summed E-state index contributed by atoms with van der Waals surface area (Å²) in [6.45, 7) is 7.36. The van der Waals surface area contributed by atoms with Gasteiger partial charge in [-0.1, -0.05) is 65.2 Å². The molecule has 0 rings (SSSR count). The highest BCUT2D eigenvalue weighted by atomic mass is 35.5. The molecule has 21 heavy (non-hydrogen) atoms. The molecule has 3 nitrogen and oxygen atoms in total. The van der Waals surface area contributed by atoms with E-state index < -0.39 is 0 Å². The highest BCUT2D eigenvalue weighted by molar-refractivity contribution is 5.85. The SMILES string of the molecule is CCCCCCCOCC(CN)OCCCCCCC.Cl. The van der Waals surface area contributed by atoms with Gasteiger partial charge in [0, 0.05) is 19.8 Å². The maximum absolute atomic E-state index is 5.77. The van der Waals surface area contributed by atoms with Crippen molar-refractivity contribution in [2.24, 2.45) is 5.73 Å². The van der Waals surface area contributed by atoms with Crippen molar-refractivity contribution in [2.45, 2.75) is 84.2 Å². The van der Waals surface area contributed by atoms with Gasteiger partial charge in [-0.25, -0.2) is 0 Å². The summed E-state index contributed by atoms with van der Waals surface area (Å²) < 4.78 is 11.4. The molecule has 0 aromatic rings. The lowest BCUT2D eigenvalue weighted by Crippen LogP contribution is -2.29. The molecule has 1 atom stereocenters. The molecule has 130 valence electrons. The van der Waals surface area contributed by atoms with Crippen molar-refractivity contribution in [3.63, 3.8) is 0 Å². The molecule has 0 aromatic heterocycles. The summed E-state index contributed by atoms with van der Waals surface area (Å²) in [5, 5.41) is 0. The third-order valence-electron chi connectivity index (χ3n) is 3.56. The van der Waals surface area contributed by atoms with Crippen LogP contribution in [0.25, 0.3) is 0 Å². The lowest BCUT2D eigenvalue weighted by atomic mass is 10.2. The molecule has 1 unspecified atom stereocenters. The zero-order valence-corrected chi connectivity index (χ0v) is 15.1. The second kappa shape index (κ2) is 20.2. The molecular weight excluding hydrogens is 286 g/mol. The van der Waals surface area contributed by atoms with Crippen LogP contribution in [0.4, 0.5) is 0 Å². The molecule has 4 heteroatoms. The Bertz CT molecular complexity index is 182. The van der Waals surface area contributed by atoms with Crippen LogP contribution in [0.1, 0.15) is 78.1 Å². The summed E-state index contributed by atoms with van der Waals surface area (Å²) in [6, 6.07) is 0. The van der Waals surface area contributed by atoms with Gasteiger partial charge in [0.1, 0.15) is 0 Å². The minimum absolute atomic E-state index is 0. The number of nitrogens with two attached hydrogens (primary N) is 1. The van der Waals surface area contributed by atoms with Crippen LogP contribution in [0.3, 0.4) is 0 Å². The van der Waals surface area contributed by atoms with E-state index in [1.165, 1.54) is 51.4 Å². The molecule has 0 saturated heterocycles. The van der Waals surface area contributed by atoms with Crippen LogP contribution < -0.4 is 5.73 Å². The zero-order valence-electron chi connectivity index (χ0n) is 14.3. The first-order valence-electron chi connectivity index (χ1n) is 8.74. The normalized spacial score (nSPS) is 12.1. The Labute approximate surface area is 138 Å². The molecule has 0 aliphatic carbocycles. The first kappa shape index (κ1) is 23.4. The topological polar surface area (TPSA) is 44.5 Å². The summed E-state index contributed by atoms with van der Waals surface area (Å²) in [4.78, 5) is 0. The van der Waals surface area contributed by atoms with E-state index >= 15 is 0 Å². The molecule has 2 N–H and O–H groups in total. The van der Waals surface area contributed by atoms with Crippen LogP contribution in [-0.2, 0) is 9.47 Å². The van der Waals surface area contributed by atoms with Crippen molar-refractivity contribution in [1.82, 2.24) is 0 Å². The Morgan fingerprint density at radius 2 is 1.29 bits per heavy atom. The largest absolute Gasteiger partial charge is 0.379 e. The summed E-state index contributed by atoms with van der Waals surface area (Å²) in [6.07, 6.45) is 12.8. The first-order valence-corrected chi connectivity index (χ1v) is 8.74. The minimum atomic E-state index is 0. The lowest BCUT2D eigenvalue weighted by molar-refractivity contribution is -0.0136. The predicted octanol–water partition coefficient (Wildman–Crippen LogP) is 4.71. The number of ether oxygens (including phenoxy) is 2. The number of rotatable bonds is 16. The molecule has 0 heterocycles. The van der Waals surface area contributed by atoms with E-state index in [-0.39, 0.29) is 18.5 Å². The van der Waals surface area contributed by atoms with Gasteiger partial charge < -0.3 is 15.2 Å². The van der Waals surface area contributed by atoms with Crippen molar-refractivity contribution in [1.29, 1.82) is 0 Å². The van der Waals surface area contributed by atoms with E-state index in [0.29, 0.717) is 13.2 Å². The minimum Gasteiger partial charge on any atom is -0.379 e. The first-order chi connectivity index (χ1) is 9.85. The molecular formula is C17H38ClNO2.